The number of fused-ring (bicyclic) bond motifs is 1. The number of anilines is 1. The molecule has 0 amide bonds. The molecule has 3 aromatic heterocycles. The molecule has 2 saturated heterocycles. The summed E-state index contributed by atoms with van der Waals surface area (Å²) in [6, 6.07) is 0. The zero-order valence-corrected chi connectivity index (χ0v) is 24.5. The minimum absolute atomic E-state index is 0.133. The SMILES string of the molecule is Nc1nc2c(ncn2[C@@H]2O[C@H](COP(=O)(O)OP(=O)(O)O[C@H]3O[C@@H](Cn4cc(C(=O)O)nn4)[C@@H](O)[C@@H](O)[C@@H]3O)[C@@H](O)[C@H]2O)c(=O)[nH]1. The van der Waals surface area contributed by atoms with Crippen molar-refractivity contribution in [2.45, 2.75) is 61.8 Å². The van der Waals surface area contributed by atoms with Gasteiger partial charge in [0.05, 0.1) is 25.7 Å². The number of nitrogens with two attached hydrogens (primary N) is 1. The van der Waals surface area contributed by atoms with Gasteiger partial charge in [0.25, 0.3) is 5.56 Å². The van der Waals surface area contributed by atoms with E-state index in [-0.39, 0.29) is 17.1 Å². The predicted octanol–water partition coefficient (Wildman–Crippen LogP) is -4.63. The number of hydrogen-bond donors (Lipinski definition) is 10. The van der Waals surface area contributed by atoms with Crippen LogP contribution in [0.3, 0.4) is 0 Å². The van der Waals surface area contributed by atoms with Crippen molar-refractivity contribution in [3.05, 3.63) is 28.6 Å². The lowest BCUT2D eigenvalue weighted by molar-refractivity contribution is -0.278. The zero-order valence-electron chi connectivity index (χ0n) is 22.7. The summed E-state index contributed by atoms with van der Waals surface area (Å²) >= 11 is 0. The molecular weight excluding hydrogens is 674 g/mol. The normalized spacial score (nSPS) is 32.7. The first-order chi connectivity index (χ1) is 21.5. The Balaban J connectivity index is 1.21. The Labute approximate surface area is 253 Å². The van der Waals surface area contributed by atoms with Crippen molar-refractivity contribution in [2.75, 3.05) is 12.3 Å². The summed E-state index contributed by atoms with van der Waals surface area (Å²) in [5.74, 6) is -1.72. The van der Waals surface area contributed by atoms with Crippen LogP contribution in [-0.2, 0) is 38.5 Å². The van der Waals surface area contributed by atoms with Crippen molar-refractivity contribution in [3.63, 3.8) is 0 Å². The number of aliphatic hydroxyl groups is 5. The van der Waals surface area contributed by atoms with Gasteiger partial charge < -0.3 is 55.6 Å². The number of nitrogen functional groups attached to an aromatic ring is 1. The first-order valence-electron chi connectivity index (χ1n) is 12.7. The molecule has 11 atom stereocenters. The second kappa shape index (κ2) is 12.7. The summed E-state index contributed by atoms with van der Waals surface area (Å²) in [5, 5.41) is 67.3. The smallest absolute Gasteiger partial charge is 0.476 e. The maximum absolute atomic E-state index is 12.6. The first kappa shape index (κ1) is 34.1. The van der Waals surface area contributed by atoms with E-state index in [1.165, 1.54) is 0 Å². The molecule has 0 bridgehead atoms. The number of aromatic amines is 1. The number of aromatic carboxylic acids is 1. The van der Waals surface area contributed by atoms with Crippen molar-refractivity contribution < 1.29 is 77.2 Å². The number of H-pyrrole nitrogens is 1. The summed E-state index contributed by atoms with van der Waals surface area (Å²) in [7, 11) is -11.3. The molecule has 11 N–H and O–H groups in total. The van der Waals surface area contributed by atoms with E-state index in [0.29, 0.717) is 0 Å². The average molecular weight is 700 g/mol. The highest BCUT2D eigenvalue weighted by Crippen LogP contribution is 2.61. The van der Waals surface area contributed by atoms with E-state index in [0.717, 1.165) is 21.8 Å². The maximum atomic E-state index is 12.6. The van der Waals surface area contributed by atoms with Crippen LogP contribution in [0.15, 0.2) is 17.3 Å². The summed E-state index contributed by atoms with van der Waals surface area (Å²) in [4.78, 5) is 53.2. The number of nitrogens with zero attached hydrogens (tertiary/aromatic N) is 6. The Bertz CT molecular complexity index is 1750. The molecule has 46 heavy (non-hydrogen) atoms. The van der Waals surface area contributed by atoms with Gasteiger partial charge in [-0.3, -0.25) is 23.4 Å². The van der Waals surface area contributed by atoms with E-state index in [2.05, 4.69) is 38.6 Å². The van der Waals surface area contributed by atoms with Gasteiger partial charge in [0.2, 0.25) is 5.95 Å². The minimum atomic E-state index is -5.71. The summed E-state index contributed by atoms with van der Waals surface area (Å²) in [5.41, 5.74) is 4.03. The molecule has 0 saturated carbocycles. The van der Waals surface area contributed by atoms with E-state index >= 15 is 0 Å². The Morgan fingerprint density at radius 3 is 2.39 bits per heavy atom. The van der Waals surface area contributed by atoms with Crippen LogP contribution in [0.5, 0.6) is 0 Å². The van der Waals surface area contributed by atoms with Crippen molar-refractivity contribution in [1.29, 1.82) is 0 Å². The summed E-state index contributed by atoms with van der Waals surface area (Å²) < 4.78 is 51.1. The van der Waals surface area contributed by atoms with Crippen LogP contribution >= 0.6 is 15.6 Å². The molecule has 2 aliphatic rings. The van der Waals surface area contributed by atoms with Crippen molar-refractivity contribution in [3.8, 4) is 0 Å². The van der Waals surface area contributed by atoms with Crippen LogP contribution < -0.4 is 11.3 Å². The van der Waals surface area contributed by atoms with Gasteiger partial charge in [-0.2, -0.15) is 9.29 Å². The van der Waals surface area contributed by atoms with Crippen molar-refractivity contribution >= 4 is 38.7 Å². The fraction of sp³-hybridized carbons (Fsp3) is 0.579. The molecule has 5 rings (SSSR count). The number of carboxylic acids is 1. The number of carboxylic acid groups (broad SMARTS) is 1. The molecule has 2 fully saturated rings. The highest BCUT2D eigenvalue weighted by atomic mass is 31.3. The van der Waals surface area contributed by atoms with E-state index in [1.807, 2.05) is 0 Å². The monoisotopic (exact) mass is 700 g/mol. The lowest BCUT2D eigenvalue weighted by Gasteiger charge is -2.40. The summed E-state index contributed by atoms with van der Waals surface area (Å²) in [6.07, 6.45) is -14.5. The standard InChI is InChI=1S/C19H26N8O17P2/c20-19-22-14-8(15(33)23-19)21-4-27(14)16-12(31)10(29)7(41-16)3-40-45(36,37)44-46(38,39)43-18-13(32)11(30)9(28)6(42-18)2-26-1-5(17(34)35)24-25-26/h1,4,6-7,9-13,16,18,28-32H,2-3H2,(H,34,35)(H,36,37)(H,38,39)(H3,20,22,23,33)/t6-,7+,9+,10+,11+,12+,13-,16+,18+/m0/s1. The molecule has 0 radical (unpaired) electrons. The topological polar surface area (TPSA) is 380 Å². The van der Waals surface area contributed by atoms with Crippen molar-refractivity contribution in [2.24, 2.45) is 0 Å². The third-order valence-corrected chi connectivity index (χ3v) is 9.30. The van der Waals surface area contributed by atoms with Gasteiger partial charge in [-0.05, 0) is 0 Å². The number of rotatable bonds is 11. The number of phosphoric ester groups is 2. The molecule has 2 unspecified atom stereocenters. The van der Waals surface area contributed by atoms with Crippen molar-refractivity contribution in [1.82, 2.24) is 34.5 Å². The van der Waals surface area contributed by atoms with Gasteiger partial charge in [0.15, 0.2) is 29.4 Å². The molecule has 3 aromatic rings. The van der Waals surface area contributed by atoms with E-state index in [1.54, 1.807) is 0 Å². The predicted molar refractivity (Wildman–Crippen MR) is 140 cm³/mol. The first-order valence-corrected chi connectivity index (χ1v) is 15.7. The number of ether oxygens (including phenoxy) is 2. The Kier molecular flexibility index (Phi) is 9.44. The molecule has 0 aliphatic carbocycles. The Morgan fingerprint density at radius 2 is 1.72 bits per heavy atom. The highest BCUT2D eigenvalue weighted by molar-refractivity contribution is 7.61. The van der Waals surface area contributed by atoms with Crippen LogP contribution in [0.2, 0.25) is 0 Å². The molecular formula is C19H26N8O17P2. The quantitative estimate of drug-likeness (QED) is 0.0841. The number of imidazole rings is 1. The fourth-order valence-electron chi connectivity index (χ4n) is 4.52. The maximum Gasteiger partial charge on any atom is 0.483 e. The highest BCUT2D eigenvalue weighted by Gasteiger charge is 2.50. The Hall–Kier alpha value is -3.26. The van der Waals surface area contributed by atoms with Gasteiger partial charge in [-0.25, -0.2) is 23.6 Å². The van der Waals surface area contributed by atoms with Gasteiger partial charge in [-0.15, -0.1) is 5.10 Å². The number of phosphoric acid groups is 2. The van der Waals surface area contributed by atoms with Gasteiger partial charge in [0.1, 0.15) is 42.7 Å². The number of carbonyl (C=O) groups is 1. The second-order valence-electron chi connectivity index (χ2n) is 9.89. The van der Waals surface area contributed by atoms with E-state index in [4.69, 9.17) is 20.3 Å². The number of aliphatic hydroxyl groups excluding tert-OH is 5. The summed E-state index contributed by atoms with van der Waals surface area (Å²) in [6.45, 7) is -1.54. The molecule has 5 heterocycles. The molecule has 27 heteroatoms. The third kappa shape index (κ3) is 7.02. The largest absolute Gasteiger partial charge is 0.483 e. The third-order valence-electron chi connectivity index (χ3n) is 6.70. The van der Waals surface area contributed by atoms with Gasteiger partial charge in [0, 0.05) is 0 Å². The van der Waals surface area contributed by atoms with E-state index < -0.39 is 101 Å². The zero-order chi connectivity index (χ0) is 33.7. The van der Waals surface area contributed by atoms with Crippen LogP contribution in [0.25, 0.3) is 11.2 Å². The molecule has 0 aromatic carbocycles. The van der Waals surface area contributed by atoms with Gasteiger partial charge in [-0.1, -0.05) is 5.21 Å². The minimum Gasteiger partial charge on any atom is -0.476 e. The van der Waals surface area contributed by atoms with E-state index in [9.17, 15) is 54.0 Å². The van der Waals surface area contributed by atoms with Crippen LogP contribution in [0.4, 0.5) is 5.95 Å². The average Bonchev–Trinajstić information content (AvgIpc) is 3.67. The van der Waals surface area contributed by atoms with Crippen LogP contribution in [0.1, 0.15) is 16.7 Å². The number of hydrogen-bond acceptors (Lipinski definition) is 19. The molecule has 254 valence electrons. The fourth-order valence-corrected chi connectivity index (χ4v) is 6.68. The van der Waals surface area contributed by atoms with Gasteiger partial charge >= 0.3 is 21.6 Å². The molecule has 25 nitrogen and oxygen atoms in total. The van der Waals surface area contributed by atoms with Crippen LogP contribution in [0, 0.1) is 0 Å². The lowest BCUT2D eigenvalue weighted by Crippen LogP contribution is -2.58. The number of aromatic nitrogens is 7. The second-order valence-corrected chi connectivity index (χ2v) is 12.9. The molecule has 0 spiro atoms. The lowest BCUT2D eigenvalue weighted by atomic mass is 9.99. The molecule has 2 aliphatic heterocycles. The number of nitrogens with one attached hydrogen (secondary N) is 1. The Morgan fingerprint density at radius 1 is 1.02 bits per heavy atom. The van der Waals surface area contributed by atoms with Crippen LogP contribution in [-0.4, -0.2) is 137 Å².